The third-order valence-electron chi connectivity index (χ3n) is 3.76. The second-order valence-corrected chi connectivity index (χ2v) is 5.99. The van der Waals surface area contributed by atoms with Crippen molar-refractivity contribution in [2.24, 2.45) is 0 Å². The Morgan fingerprint density at radius 1 is 1.26 bits per heavy atom. The highest BCUT2D eigenvalue weighted by Gasteiger charge is 2.13. The van der Waals surface area contributed by atoms with E-state index >= 15 is 0 Å². The summed E-state index contributed by atoms with van der Waals surface area (Å²) in [6.07, 6.45) is -0.723. The van der Waals surface area contributed by atoms with E-state index in [0.717, 1.165) is 11.1 Å². The SMILES string of the molecule is CN(Cc1nc2ccccc2o1)CC(O)COc1ccc([N+](=O)[O-])cc1.Cl. The Morgan fingerprint density at radius 3 is 2.63 bits per heavy atom. The predicted molar refractivity (Wildman–Crippen MR) is 102 cm³/mol. The molecule has 144 valence electrons. The van der Waals surface area contributed by atoms with E-state index in [4.69, 9.17) is 9.15 Å². The molecule has 8 nitrogen and oxygen atoms in total. The van der Waals surface area contributed by atoms with Crippen LogP contribution in [0.5, 0.6) is 5.75 Å². The average Bonchev–Trinajstić information content (AvgIpc) is 3.02. The minimum atomic E-state index is -0.723. The first-order valence-corrected chi connectivity index (χ1v) is 8.09. The summed E-state index contributed by atoms with van der Waals surface area (Å²) in [5, 5.41) is 20.7. The summed E-state index contributed by atoms with van der Waals surface area (Å²) in [6, 6.07) is 13.3. The van der Waals surface area contributed by atoms with E-state index in [-0.39, 0.29) is 24.7 Å². The highest BCUT2D eigenvalue weighted by Crippen LogP contribution is 2.18. The van der Waals surface area contributed by atoms with Crippen molar-refractivity contribution in [1.29, 1.82) is 0 Å². The monoisotopic (exact) mass is 393 g/mol. The molecular weight excluding hydrogens is 374 g/mol. The van der Waals surface area contributed by atoms with Crippen LogP contribution in [0, 0.1) is 10.1 Å². The first-order chi connectivity index (χ1) is 12.5. The third-order valence-corrected chi connectivity index (χ3v) is 3.76. The lowest BCUT2D eigenvalue weighted by atomic mass is 10.3. The maximum absolute atomic E-state index is 10.6. The molecule has 9 heteroatoms. The maximum atomic E-state index is 10.6. The van der Waals surface area contributed by atoms with Gasteiger partial charge in [-0.2, -0.15) is 0 Å². The van der Waals surface area contributed by atoms with Gasteiger partial charge in [-0.15, -0.1) is 12.4 Å². The number of oxazole rings is 1. The topological polar surface area (TPSA) is 102 Å². The number of nitro groups is 1. The number of aliphatic hydroxyl groups excluding tert-OH is 1. The lowest BCUT2D eigenvalue weighted by Crippen LogP contribution is -2.32. The Hall–Kier alpha value is -2.68. The largest absolute Gasteiger partial charge is 0.491 e. The number of nitrogens with zero attached hydrogens (tertiary/aromatic N) is 3. The molecule has 1 heterocycles. The van der Waals surface area contributed by atoms with E-state index in [1.807, 2.05) is 36.2 Å². The van der Waals surface area contributed by atoms with E-state index in [0.29, 0.717) is 24.7 Å². The first kappa shape index (κ1) is 20.6. The van der Waals surface area contributed by atoms with Crippen LogP contribution in [0.25, 0.3) is 11.1 Å². The Bertz CT molecular complexity index is 851. The molecule has 0 saturated carbocycles. The molecule has 0 bridgehead atoms. The van der Waals surface area contributed by atoms with Gasteiger partial charge in [0.05, 0.1) is 11.5 Å². The molecule has 0 radical (unpaired) electrons. The quantitative estimate of drug-likeness (QED) is 0.463. The van der Waals surface area contributed by atoms with Crippen molar-refractivity contribution in [2.45, 2.75) is 12.6 Å². The fourth-order valence-corrected chi connectivity index (χ4v) is 2.55. The van der Waals surface area contributed by atoms with Gasteiger partial charge in [0, 0.05) is 18.7 Å². The number of likely N-dealkylation sites (N-methyl/N-ethyl adjacent to an activating group) is 1. The van der Waals surface area contributed by atoms with Gasteiger partial charge in [0.2, 0.25) is 5.89 Å². The van der Waals surface area contributed by atoms with Gasteiger partial charge in [-0.3, -0.25) is 15.0 Å². The molecule has 2 aromatic carbocycles. The number of hydrogen-bond acceptors (Lipinski definition) is 7. The number of benzene rings is 2. The summed E-state index contributed by atoms with van der Waals surface area (Å²) >= 11 is 0. The molecule has 1 atom stereocenters. The van der Waals surface area contributed by atoms with Crippen LogP contribution in [0.1, 0.15) is 5.89 Å². The molecule has 3 rings (SSSR count). The molecule has 0 aliphatic rings. The number of rotatable bonds is 8. The van der Waals surface area contributed by atoms with Gasteiger partial charge in [-0.05, 0) is 31.3 Å². The summed E-state index contributed by atoms with van der Waals surface area (Å²) in [4.78, 5) is 16.4. The lowest BCUT2D eigenvalue weighted by molar-refractivity contribution is -0.384. The van der Waals surface area contributed by atoms with E-state index < -0.39 is 11.0 Å². The smallest absolute Gasteiger partial charge is 0.269 e. The van der Waals surface area contributed by atoms with Crippen LogP contribution in [-0.2, 0) is 6.54 Å². The minimum absolute atomic E-state index is 0. The summed E-state index contributed by atoms with van der Waals surface area (Å²) in [7, 11) is 1.85. The molecular formula is C18H20ClN3O5. The maximum Gasteiger partial charge on any atom is 0.269 e. The number of aromatic nitrogens is 1. The Balaban J connectivity index is 0.00000261. The fraction of sp³-hybridized carbons (Fsp3) is 0.278. The highest BCUT2D eigenvalue weighted by molar-refractivity contribution is 5.85. The van der Waals surface area contributed by atoms with E-state index in [1.54, 1.807) is 0 Å². The van der Waals surface area contributed by atoms with Gasteiger partial charge in [-0.25, -0.2) is 4.98 Å². The van der Waals surface area contributed by atoms with Gasteiger partial charge in [-0.1, -0.05) is 12.1 Å². The molecule has 1 aromatic heterocycles. The Labute approximate surface area is 161 Å². The first-order valence-electron chi connectivity index (χ1n) is 8.09. The van der Waals surface area contributed by atoms with Crippen LogP contribution in [0.2, 0.25) is 0 Å². The molecule has 0 fully saturated rings. The molecule has 1 unspecified atom stereocenters. The van der Waals surface area contributed by atoms with Gasteiger partial charge in [0.15, 0.2) is 5.58 Å². The van der Waals surface area contributed by atoms with E-state index in [9.17, 15) is 15.2 Å². The zero-order valence-corrected chi connectivity index (χ0v) is 15.5. The standard InChI is InChI=1S/C18H19N3O5.ClH/c1-20(11-18-19-16-4-2-3-5-17(16)26-18)10-14(22)12-25-15-8-6-13(7-9-15)21(23)24;/h2-9,14,22H,10-12H2,1H3;1H. The number of hydrogen-bond donors (Lipinski definition) is 1. The summed E-state index contributed by atoms with van der Waals surface area (Å²) in [6.45, 7) is 0.907. The zero-order chi connectivity index (χ0) is 18.5. The van der Waals surface area contributed by atoms with Crippen molar-refractivity contribution < 1.29 is 19.2 Å². The highest BCUT2D eigenvalue weighted by atomic mass is 35.5. The van der Waals surface area contributed by atoms with Crippen LogP contribution in [0.15, 0.2) is 52.9 Å². The molecule has 3 aromatic rings. The van der Waals surface area contributed by atoms with Gasteiger partial charge in [0.1, 0.15) is 24.0 Å². The number of non-ortho nitro benzene ring substituents is 1. The number of para-hydroxylation sites is 2. The van der Waals surface area contributed by atoms with Crippen molar-refractivity contribution in [2.75, 3.05) is 20.2 Å². The van der Waals surface area contributed by atoms with E-state index in [1.165, 1.54) is 24.3 Å². The lowest BCUT2D eigenvalue weighted by Gasteiger charge is -2.19. The van der Waals surface area contributed by atoms with Crippen LogP contribution in [0.3, 0.4) is 0 Å². The number of aliphatic hydroxyl groups is 1. The number of ether oxygens (including phenoxy) is 1. The molecule has 0 spiro atoms. The Morgan fingerprint density at radius 2 is 1.96 bits per heavy atom. The molecule has 0 amide bonds. The number of halogens is 1. The van der Waals surface area contributed by atoms with Gasteiger partial charge >= 0.3 is 0 Å². The number of nitro benzene ring substituents is 1. The molecule has 27 heavy (non-hydrogen) atoms. The third kappa shape index (κ3) is 5.65. The van der Waals surface area contributed by atoms with Crippen molar-refractivity contribution in [3.63, 3.8) is 0 Å². The summed E-state index contributed by atoms with van der Waals surface area (Å²) in [5.74, 6) is 1.05. The minimum Gasteiger partial charge on any atom is -0.491 e. The van der Waals surface area contributed by atoms with Crippen LogP contribution in [-0.4, -0.2) is 46.2 Å². The van der Waals surface area contributed by atoms with Crippen molar-refractivity contribution in [3.8, 4) is 5.75 Å². The van der Waals surface area contributed by atoms with Gasteiger partial charge < -0.3 is 14.3 Å². The normalized spacial score (nSPS) is 12.0. The van der Waals surface area contributed by atoms with Crippen LogP contribution >= 0.6 is 12.4 Å². The van der Waals surface area contributed by atoms with Crippen molar-refractivity contribution >= 4 is 29.2 Å². The second kappa shape index (κ2) is 9.31. The Kier molecular flexibility index (Phi) is 7.12. The van der Waals surface area contributed by atoms with Crippen molar-refractivity contribution in [3.05, 3.63) is 64.5 Å². The van der Waals surface area contributed by atoms with Gasteiger partial charge in [0.25, 0.3) is 5.69 Å². The molecule has 0 aliphatic carbocycles. The van der Waals surface area contributed by atoms with Crippen molar-refractivity contribution in [1.82, 2.24) is 9.88 Å². The molecule has 0 aliphatic heterocycles. The number of fused-ring (bicyclic) bond motifs is 1. The van der Waals surface area contributed by atoms with Crippen LogP contribution < -0.4 is 4.74 Å². The molecule has 1 N–H and O–H groups in total. The zero-order valence-electron chi connectivity index (χ0n) is 14.6. The molecule has 0 saturated heterocycles. The average molecular weight is 394 g/mol. The summed E-state index contributed by atoms with van der Waals surface area (Å²) in [5.41, 5.74) is 1.53. The predicted octanol–water partition coefficient (Wildman–Crippen LogP) is 3.03. The fourth-order valence-electron chi connectivity index (χ4n) is 2.55. The van der Waals surface area contributed by atoms with E-state index in [2.05, 4.69) is 4.98 Å². The summed E-state index contributed by atoms with van der Waals surface area (Å²) < 4.78 is 11.1. The second-order valence-electron chi connectivity index (χ2n) is 5.99. The van der Waals surface area contributed by atoms with Crippen LogP contribution in [0.4, 0.5) is 5.69 Å².